The first kappa shape index (κ1) is 19.2. The maximum absolute atomic E-state index is 12.0. The maximum Gasteiger partial charge on any atom is 0.331 e. The number of carbonyl (C=O) groups excluding carboxylic acids is 1. The van der Waals surface area contributed by atoms with Crippen molar-refractivity contribution in [2.45, 2.75) is 13.2 Å². The molecular formula is C18H13Cl2NO6. The van der Waals surface area contributed by atoms with Crippen molar-refractivity contribution < 1.29 is 23.9 Å². The van der Waals surface area contributed by atoms with Crippen LogP contribution >= 0.6 is 23.2 Å². The van der Waals surface area contributed by atoms with E-state index in [0.717, 1.165) is 0 Å². The first-order chi connectivity index (χ1) is 13.0. The second-order valence-electron chi connectivity index (χ2n) is 5.54. The summed E-state index contributed by atoms with van der Waals surface area (Å²) in [6.45, 7) is 0.0168. The normalized spacial score (nSPS) is 13.1. The van der Waals surface area contributed by atoms with E-state index in [0.29, 0.717) is 32.5 Å². The smallest absolute Gasteiger partial charge is 0.331 e. The molecule has 0 aromatic heterocycles. The fourth-order valence-corrected chi connectivity index (χ4v) is 3.04. The largest absolute Gasteiger partial charge is 0.467 e. The number of non-ortho nitro benzene ring substituents is 1. The Kier molecular flexibility index (Phi) is 5.95. The van der Waals surface area contributed by atoms with Crippen LogP contribution in [0.3, 0.4) is 0 Å². The van der Waals surface area contributed by atoms with Gasteiger partial charge in [0.15, 0.2) is 6.79 Å². The van der Waals surface area contributed by atoms with Crippen LogP contribution in [0.4, 0.5) is 5.69 Å². The zero-order chi connectivity index (χ0) is 19.4. The topological polar surface area (TPSA) is 87.9 Å². The predicted octanol–water partition coefficient (Wildman–Crippen LogP) is 4.52. The summed E-state index contributed by atoms with van der Waals surface area (Å²) in [5.74, 6) is -0.226. The van der Waals surface area contributed by atoms with Gasteiger partial charge in [0.25, 0.3) is 5.69 Å². The van der Waals surface area contributed by atoms with Gasteiger partial charge in [0.1, 0.15) is 12.4 Å². The van der Waals surface area contributed by atoms with Gasteiger partial charge in [-0.2, -0.15) is 0 Å². The monoisotopic (exact) mass is 409 g/mol. The van der Waals surface area contributed by atoms with Crippen molar-refractivity contribution >= 4 is 40.9 Å². The van der Waals surface area contributed by atoms with Crippen molar-refractivity contribution in [3.63, 3.8) is 0 Å². The molecule has 0 bridgehead atoms. The molecule has 2 aromatic rings. The molecule has 27 heavy (non-hydrogen) atoms. The molecule has 0 unspecified atom stereocenters. The van der Waals surface area contributed by atoms with Crippen LogP contribution in [-0.2, 0) is 27.5 Å². The van der Waals surface area contributed by atoms with E-state index >= 15 is 0 Å². The molecule has 0 N–H and O–H groups in total. The number of ether oxygens (including phenoxy) is 3. The Bertz CT molecular complexity index is 908. The highest BCUT2D eigenvalue weighted by atomic mass is 35.5. The first-order valence-electron chi connectivity index (χ1n) is 7.75. The number of benzene rings is 2. The van der Waals surface area contributed by atoms with E-state index in [4.69, 9.17) is 37.4 Å². The van der Waals surface area contributed by atoms with Gasteiger partial charge >= 0.3 is 5.97 Å². The van der Waals surface area contributed by atoms with Crippen LogP contribution in [0.15, 0.2) is 36.4 Å². The van der Waals surface area contributed by atoms with Gasteiger partial charge in [-0.25, -0.2) is 4.79 Å². The molecule has 0 radical (unpaired) electrons. The molecule has 1 aliphatic rings. The lowest BCUT2D eigenvalue weighted by Gasteiger charge is -2.20. The number of esters is 1. The summed E-state index contributed by atoms with van der Waals surface area (Å²) in [6, 6.07) is 7.67. The highest BCUT2D eigenvalue weighted by Crippen LogP contribution is 2.33. The van der Waals surface area contributed by atoms with Gasteiger partial charge in [-0.15, -0.1) is 0 Å². The second-order valence-corrected chi connectivity index (χ2v) is 6.35. The van der Waals surface area contributed by atoms with Crippen molar-refractivity contribution in [2.75, 3.05) is 6.79 Å². The van der Waals surface area contributed by atoms with Crippen molar-refractivity contribution in [3.8, 4) is 5.75 Å². The molecule has 1 heterocycles. The zero-order valence-electron chi connectivity index (χ0n) is 13.8. The number of nitro groups is 1. The third-order valence-electron chi connectivity index (χ3n) is 3.74. The molecule has 3 rings (SSSR count). The van der Waals surface area contributed by atoms with Crippen molar-refractivity contribution in [3.05, 3.63) is 73.3 Å². The van der Waals surface area contributed by atoms with Crippen LogP contribution in [0.1, 0.15) is 16.7 Å². The van der Waals surface area contributed by atoms with Crippen LogP contribution in [0, 0.1) is 10.1 Å². The second kappa shape index (κ2) is 8.39. The van der Waals surface area contributed by atoms with E-state index in [1.807, 2.05) is 0 Å². The summed E-state index contributed by atoms with van der Waals surface area (Å²) in [6.07, 6.45) is 2.63. The van der Waals surface area contributed by atoms with Crippen LogP contribution in [0.25, 0.3) is 6.08 Å². The average Bonchev–Trinajstić information content (AvgIpc) is 2.65. The molecule has 9 heteroatoms. The van der Waals surface area contributed by atoms with E-state index < -0.39 is 10.9 Å². The number of carbonyl (C=O) groups is 1. The minimum atomic E-state index is -0.654. The Hall–Kier alpha value is -2.61. The molecule has 2 aromatic carbocycles. The highest BCUT2D eigenvalue weighted by molar-refractivity contribution is 6.37. The Morgan fingerprint density at radius 3 is 2.74 bits per heavy atom. The number of hydrogen-bond acceptors (Lipinski definition) is 6. The SMILES string of the molecule is O=C(/C=C/c1c(Cl)cccc1Cl)OCc1cc([N+](=O)[O-])cc2c1OCOC2. The highest BCUT2D eigenvalue weighted by Gasteiger charge is 2.21. The quantitative estimate of drug-likeness (QED) is 0.312. The summed E-state index contributed by atoms with van der Waals surface area (Å²) in [4.78, 5) is 22.6. The van der Waals surface area contributed by atoms with Gasteiger partial charge in [0.05, 0.1) is 11.5 Å². The first-order valence-corrected chi connectivity index (χ1v) is 8.51. The number of nitrogens with zero attached hydrogens (tertiary/aromatic N) is 1. The molecule has 0 fully saturated rings. The average molecular weight is 410 g/mol. The van der Waals surface area contributed by atoms with Gasteiger partial charge in [0.2, 0.25) is 0 Å². The van der Waals surface area contributed by atoms with E-state index in [2.05, 4.69) is 0 Å². The van der Waals surface area contributed by atoms with Gasteiger partial charge in [-0.3, -0.25) is 10.1 Å². The third kappa shape index (κ3) is 4.57. The number of hydrogen-bond donors (Lipinski definition) is 0. The molecule has 0 saturated carbocycles. The van der Waals surface area contributed by atoms with Crippen molar-refractivity contribution in [1.82, 2.24) is 0 Å². The number of nitro benzene ring substituents is 1. The fraction of sp³-hybridized carbons (Fsp3) is 0.167. The summed E-state index contributed by atoms with van der Waals surface area (Å²) in [7, 11) is 0. The van der Waals surface area contributed by atoms with Crippen LogP contribution in [0.2, 0.25) is 10.0 Å². The van der Waals surface area contributed by atoms with Crippen molar-refractivity contribution in [1.29, 1.82) is 0 Å². The van der Waals surface area contributed by atoms with E-state index in [-0.39, 0.29) is 25.7 Å². The summed E-state index contributed by atoms with van der Waals surface area (Å²) in [5.41, 5.74) is 1.28. The predicted molar refractivity (Wildman–Crippen MR) is 98.7 cm³/mol. The van der Waals surface area contributed by atoms with Crippen LogP contribution in [0.5, 0.6) is 5.75 Å². The fourth-order valence-electron chi connectivity index (χ4n) is 2.51. The lowest BCUT2D eigenvalue weighted by molar-refractivity contribution is -0.385. The number of halogens is 2. The van der Waals surface area contributed by atoms with Gasteiger partial charge < -0.3 is 14.2 Å². The molecule has 0 aliphatic carbocycles. The molecular weight excluding hydrogens is 397 g/mol. The lowest BCUT2D eigenvalue weighted by atomic mass is 10.1. The number of fused-ring (bicyclic) bond motifs is 1. The Labute approximate surface area is 164 Å². The molecule has 0 atom stereocenters. The van der Waals surface area contributed by atoms with Gasteiger partial charge in [-0.1, -0.05) is 29.3 Å². The van der Waals surface area contributed by atoms with E-state index in [9.17, 15) is 14.9 Å². The molecule has 0 saturated heterocycles. The minimum absolute atomic E-state index is 0.0245. The summed E-state index contributed by atoms with van der Waals surface area (Å²) < 4.78 is 15.7. The summed E-state index contributed by atoms with van der Waals surface area (Å²) >= 11 is 12.1. The standard InChI is InChI=1S/C18H13Cl2NO6/c19-15-2-1-3-16(20)14(15)4-5-17(22)26-9-12-7-13(21(23)24)6-11-8-25-10-27-18(11)12/h1-7H,8-10H2/b5-4+. The maximum atomic E-state index is 12.0. The molecule has 0 spiro atoms. The molecule has 0 amide bonds. The molecule has 140 valence electrons. The van der Waals surface area contributed by atoms with Crippen molar-refractivity contribution in [2.24, 2.45) is 0 Å². The Morgan fingerprint density at radius 2 is 2.04 bits per heavy atom. The zero-order valence-corrected chi connectivity index (χ0v) is 15.3. The van der Waals surface area contributed by atoms with Gasteiger partial charge in [0, 0.05) is 44.9 Å². The van der Waals surface area contributed by atoms with E-state index in [1.54, 1.807) is 18.2 Å². The summed E-state index contributed by atoms with van der Waals surface area (Å²) in [5, 5.41) is 11.9. The molecule has 1 aliphatic heterocycles. The van der Waals surface area contributed by atoms with E-state index in [1.165, 1.54) is 24.3 Å². The Morgan fingerprint density at radius 1 is 1.30 bits per heavy atom. The third-order valence-corrected chi connectivity index (χ3v) is 4.40. The Balaban J connectivity index is 1.74. The van der Waals surface area contributed by atoms with Crippen LogP contribution < -0.4 is 4.74 Å². The van der Waals surface area contributed by atoms with Gasteiger partial charge in [-0.05, 0) is 18.2 Å². The minimum Gasteiger partial charge on any atom is -0.467 e. The lowest BCUT2D eigenvalue weighted by Crippen LogP contribution is -2.14. The van der Waals surface area contributed by atoms with Crippen LogP contribution in [-0.4, -0.2) is 17.7 Å². The number of rotatable bonds is 5. The molecule has 7 nitrogen and oxygen atoms in total.